The summed E-state index contributed by atoms with van der Waals surface area (Å²) in [6, 6.07) is 43.0. The lowest BCUT2D eigenvalue weighted by atomic mass is 10.0. The Kier molecular flexibility index (Phi) is 23.9. The van der Waals surface area contributed by atoms with Crippen molar-refractivity contribution in [2.75, 3.05) is 33.4 Å². The second-order valence-electron chi connectivity index (χ2n) is 21.4. The summed E-state index contributed by atoms with van der Waals surface area (Å²) in [6.07, 6.45) is 7.69. The van der Waals surface area contributed by atoms with Crippen LogP contribution in [0.2, 0.25) is 0 Å². The Hall–Kier alpha value is -12.3. The molecule has 7 aromatic carbocycles. The van der Waals surface area contributed by atoms with Crippen molar-refractivity contribution in [2.24, 2.45) is 10.2 Å². The number of nitrogens with zero attached hydrogens (tertiary/aromatic N) is 4. The van der Waals surface area contributed by atoms with Crippen molar-refractivity contribution in [3.8, 4) is 28.7 Å². The fourth-order valence-electron chi connectivity index (χ4n) is 9.76. The lowest BCUT2D eigenvalue weighted by molar-refractivity contribution is -0.138. The number of fused-ring (bicyclic) bond motifs is 2. The largest absolute Gasteiger partial charge is 0.507 e. The van der Waals surface area contributed by atoms with Crippen LogP contribution >= 0.6 is 0 Å². The van der Waals surface area contributed by atoms with Crippen molar-refractivity contribution in [1.82, 2.24) is 9.88 Å². The number of nitrogens with one attached hydrogen (secondary N) is 4. The number of ether oxygens (including phenoxy) is 3. The van der Waals surface area contributed by atoms with Gasteiger partial charge in [0, 0.05) is 24.9 Å². The highest BCUT2D eigenvalue weighted by atomic mass is 32.2. The van der Waals surface area contributed by atoms with Crippen molar-refractivity contribution in [3.05, 3.63) is 220 Å². The molecular weight excluding hydrogens is 1310 g/mol. The van der Waals surface area contributed by atoms with Crippen LogP contribution in [0, 0.1) is 0 Å². The van der Waals surface area contributed by atoms with Gasteiger partial charge in [-0.25, -0.2) is 26.6 Å². The zero-order valence-corrected chi connectivity index (χ0v) is 53.9. The second kappa shape index (κ2) is 32.7. The Morgan fingerprint density at radius 2 is 1.36 bits per heavy atom. The summed E-state index contributed by atoms with van der Waals surface area (Å²) in [4.78, 5) is 97.6. The zero-order chi connectivity index (χ0) is 70.7. The number of carbonyl (C=O) groups is 7. The van der Waals surface area contributed by atoms with Crippen LogP contribution in [0.4, 0.5) is 34.3 Å². The number of phenols is 1. The molecule has 506 valence electrons. The molecule has 8 N–H and O–H groups in total. The minimum absolute atomic E-state index is 0.000349. The standard InChI is InChI=1S/C23H23NO6.C18H14N4O5S.C17H14N2O6S.C10H11NO3/c1-29-19-11-10-14(12-20(19)30-15-6-2-3-7-15)18(13-21(25)26)24-22(27)16-8-4-5-9-17(16)23(24)28;23-16-9-6-13(11-15(16)18(24)25)21-20-12-4-7-14(8-5-12)28(26,27)22-17-3-1-2-10-19-17;1-26(22,23)19-13-8-15-12(17(21)14(9-24-15)18-10-20)7-16(13)25-11-5-3-2-4-6-11;1-7(12)11-9-4-2-8(3-5-9)6-10(13)14/h4-5,8-12,15,18H,2-3,6-7,13H2,1H3,(H,25,26);1-11,23H,(H,19,22)(H,24,25);2-10,19H,1H3,(H,18,20);2-5H,6H2,1H3,(H,11,12)(H,13,14). The Morgan fingerprint density at radius 3 is 1.95 bits per heavy atom. The van der Waals surface area contributed by atoms with Gasteiger partial charge in [-0.3, -0.25) is 47.9 Å². The molecule has 0 radical (unpaired) electrons. The van der Waals surface area contributed by atoms with Crippen LogP contribution in [0.15, 0.2) is 207 Å². The van der Waals surface area contributed by atoms with Gasteiger partial charge in [0.2, 0.25) is 27.8 Å². The smallest absolute Gasteiger partial charge is 0.339 e. The normalized spacial score (nSPS) is 12.8. The molecule has 0 spiro atoms. The first-order chi connectivity index (χ1) is 46.8. The Labute approximate surface area is 559 Å². The maximum atomic E-state index is 12.9. The summed E-state index contributed by atoms with van der Waals surface area (Å²) < 4.78 is 75.2. The summed E-state index contributed by atoms with van der Waals surface area (Å²) in [5, 5.41) is 49.3. The van der Waals surface area contributed by atoms with E-state index >= 15 is 0 Å². The van der Waals surface area contributed by atoms with Gasteiger partial charge in [-0.15, -0.1) is 0 Å². The first-order valence-corrected chi connectivity index (χ1v) is 32.8. The van der Waals surface area contributed by atoms with E-state index in [1.54, 1.807) is 109 Å². The molecule has 0 saturated heterocycles. The predicted molar refractivity (Wildman–Crippen MR) is 358 cm³/mol. The Bertz CT molecular complexity index is 4680. The number of aliphatic carboxylic acids is 2. The number of sulfonamides is 2. The summed E-state index contributed by atoms with van der Waals surface area (Å²) in [6.45, 7) is 1.42. The highest BCUT2D eigenvalue weighted by Gasteiger charge is 2.41. The van der Waals surface area contributed by atoms with E-state index < -0.39 is 67.7 Å². The monoisotopic (exact) mass is 1370 g/mol. The fraction of sp³-hybridized carbons (Fsp3) is 0.162. The molecule has 30 heteroatoms. The van der Waals surface area contributed by atoms with Crippen LogP contribution in [-0.2, 0) is 45.6 Å². The number of aromatic hydroxyl groups is 1. The van der Waals surface area contributed by atoms with Crippen molar-refractivity contribution in [1.29, 1.82) is 0 Å². The van der Waals surface area contributed by atoms with Gasteiger partial charge < -0.3 is 49.7 Å². The number of anilines is 4. The van der Waals surface area contributed by atoms with Crippen LogP contribution in [-0.4, -0.2) is 109 Å². The number of imide groups is 1. The quantitative estimate of drug-likeness (QED) is 0.0177. The second-order valence-corrected chi connectivity index (χ2v) is 24.8. The molecule has 3 heterocycles. The van der Waals surface area contributed by atoms with Crippen molar-refractivity contribution < 1.29 is 89.5 Å². The molecular formula is C68H62N8O20S2. The number of carbonyl (C=O) groups excluding carboxylic acids is 4. The number of carboxylic acid groups (broad SMARTS) is 3. The Balaban J connectivity index is 0.000000171. The molecule has 9 aromatic rings. The van der Waals surface area contributed by atoms with Gasteiger partial charge in [0.15, 0.2) is 17.2 Å². The SMILES string of the molecule is CC(=O)Nc1ccc(CC(=O)O)cc1.COc1ccc(C(CC(=O)O)N2C(=O)c3ccccc3C2=O)cc1OC1CCCC1.CS(=O)(=O)Nc1cc2occ(NC=O)c(=O)c2cc1Oc1ccccc1.O=C(O)c1cc(N=Nc2ccc(S(=O)(=O)Nc3ccccn3)cc2)ccc1O. The van der Waals surface area contributed by atoms with Crippen molar-refractivity contribution in [3.63, 3.8) is 0 Å². The molecule has 0 bridgehead atoms. The molecule has 1 unspecified atom stereocenters. The number of para-hydroxylation sites is 1. The van der Waals surface area contributed by atoms with Crippen LogP contribution in [0.3, 0.4) is 0 Å². The van der Waals surface area contributed by atoms with Gasteiger partial charge in [0.25, 0.3) is 21.8 Å². The van der Waals surface area contributed by atoms with E-state index in [4.69, 9.17) is 28.8 Å². The number of aromatic nitrogens is 1. The van der Waals surface area contributed by atoms with Crippen LogP contribution in [0.5, 0.6) is 28.7 Å². The average Bonchev–Trinajstić information content (AvgIpc) is 1.57. The van der Waals surface area contributed by atoms with Crippen LogP contribution in [0.1, 0.15) is 87.3 Å². The van der Waals surface area contributed by atoms with Gasteiger partial charge in [-0.05, 0) is 146 Å². The molecule has 4 amide bonds. The highest BCUT2D eigenvalue weighted by molar-refractivity contribution is 7.92. The van der Waals surface area contributed by atoms with E-state index in [-0.39, 0.29) is 85.4 Å². The van der Waals surface area contributed by atoms with Crippen molar-refractivity contribution >= 4 is 107 Å². The molecule has 2 aliphatic rings. The van der Waals surface area contributed by atoms with Crippen LogP contribution < -0.4 is 39.7 Å². The third-order valence-corrected chi connectivity index (χ3v) is 16.2. The minimum atomic E-state index is -3.79. The number of hydrogen-bond donors (Lipinski definition) is 8. The first-order valence-electron chi connectivity index (χ1n) is 29.4. The van der Waals surface area contributed by atoms with Crippen LogP contribution in [0.25, 0.3) is 11.0 Å². The fourth-order valence-corrected chi connectivity index (χ4v) is 11.3. The number of hydrogen-bond acceptors (Lipinski definition) is 20. The zero-order valence-electron chi connectivity index (χ0n) is 52.2. The van der Waals surface area contributed by atoms with E-state index in [0.717, 1.165) is 43.1 Å². The average molecular weight is 1380 g/mol. The third kappa shape index (κ3) is 19.6. The number of benzene rings is 7. The molecule has 1 aliphatic heterocycles. The number of amides is 4. The highest BCUT2D eigenvalue weighted by Crippen LogP contribution is 2.40. The van der Waals surface area contributed by atoms with E-state index in [0.29, 0.717) is 46.2 Å². The van der Waals surface area contributed by atoms with E-state index in [1.807, 2.05) is 0 Å². The van der Waals surface area contributed by atoms with E-state index in [9.17, 15) is 65.4 Å². The number of aromatic carboxylic acids is 1. The molecule has 98 heavy (non-hydrogen) atoms. The van der Waals surface area contributed by atoms with Gasteiger partial charge >= 0.3 is 17.9 Å². The molecule has 1 aliphatic carbocycles. The molecule has 2 aromatic heterocycles. The molecule has 11 rings (SSSR count). The topological polar surface area (TPSA) is 416 Å². The Morgan fingerprint density at radius 1 is 0.714 bits per heavy atom. The summed E-state index contributed by atoms with van der Waals surface area (Å²) in [5.41, 5.74) is 2.50. The number of pyridine rings is 1. The maximum Gasteiger partial charge on any atom is 0.339 e. The number of rotatable bonds is 22. The lowest BCUT2D eigenvalue weighted by Crippen LogP contribution is -2.35. The van der Waals surface area contributed by atoms with E-state index in [1.165, 1.54) is 80.9 Å². The molecule has 1 atom stereocenters. The van der Waals surface area contributed by atoms with Gasteiger partial charge in [-0.2, -0.15) is 10.2 Å². The number of azo groups is 1. The van der Waals surface area contributed by atoms with Crippen molar-refractivity contribution in [2.45, 2.75) is 62.5 Å². The van der Waals surface area contributed by atoms with Gasteiger partial charge in [0.05, 0.1) is 76.8 Å². The van der Waals surface area contributed by atoms with E-state index in [2.05, 4.69) is 35.3 Å². The lowest BCUT2D eigenvalue weighted by Gasteiger charge is -2.26. The predicted octanol–water partition coefficient (Wildman–Crippen LogP) is 11.3. The molecule has 1 fully saturated rings. The first kappa shape index (κ1) is 71.5. The van der Waals surface area contributed by atoms with Gasteiger partial charge in [-0.1, -0.05) is 54.6 Å². The maximum absolute atomic E-state index is 12.9. The molecule has 1 saturated carbocycles. The minimum Gasteiger partial charge on any atom is -0.507 e. The summed E-state index contributed by atoms with van der Waals surface area (Å²) in [5.74, 6) is -2.96. The van der Waals surface area contributed by atoms with Gasteiger partial charge in [0.1, 0.15) is 40.4 Å². The number of methoxy groups -OCH3 is 1. The molecule has 28 nitrogen and oxygen atoms in total. The number of carboxylic acids is 3. The summed E-state index contributed by atoms with van der Waals surface area (Å²) in [7, 11) is -5.85. The third-order valence-electron chi connectivity index (χ3n) is 14.2. The summed E-state index contributed by atoms with van der Waals surface area (Å²) >= 11 is 0.